The van der Waals surface area contributed by atoms with Gasteiger partial charge in [0, 0.05) is 42.1 Å². The number of aromatic nitrogens is 1. The smallest absolute Gasteiger partial charge is 0.343 e. The summed E-state index contributed by atoms with van der Waals surface area (Å²) in [6.45, 7) is 0. The van der Waals surface area contributed by atoms with Crippen LogP contribution in [0.1, 0.15) is 26.4 Å². The van der Waals surface area contributed by atoms with Gasteiger partial charge in [-0.2, -0.15) is 5.10 Å². The van der Waals surface area contributed by atoms with Gasteiger partial charge >= 0.3 is 5.97 Å². The number of ether oxygens (including phenoxy) is 4. The lowest BCUT2D eigenvalue weighted by atomic mass is 10.0. The van der Waals surface area contributed by atoms with Gasteiger partial charge in [0.15, 0.2) is 11.5 Å². The molecule has 5 aromatic rings. The minimum Gasteiger partial charge on any atom is -0.493 e. The molecular weight excluding hydrogens is 673 g/mol. The third kappa shape index (κ3) is 6.37. The molecular formula is C32H24BrCl2N3O6. The molecule has 9 nitrogen and oxygen atoms in total. The van der Waals surface area contributed by atoms with Crippen molar-refractivity contribution in [3.63, 3.8) is 0 Å². The highest BCUT2D eigenvalue weighted by atomic mass is 79.9. The molecule has 0 fully saturated rings. The number of hydrogen-bond donors (Lipinski definition) is 2. The zero-order valence-corrected chi connectivity index (χ0v) is 26.6. The lowest BCUT2D eigenvalue weighted by Gasteiger charge is -2.14. The number of esters is 1. The number of rotatable bonds is 9. The molecule has 5 rings (SSSR count). The van der Waals surface area contributed by atoms with Crippen LogP contribution in [0.4, 0.5) is 0 Å². The Labute approximate surface area is 270 Å². The van der Waals surface area contributed by atoms with Crippen LogP contribution in [0.2, 0.25) is 10.0 Å². The van der Waals surface area contributed by atoms with Gasteiger partial charge < -0.3 is 23.9 Å². The standard InChI is InChI=1S/C32H24BrCl2N3O6/c1-41-26-13-17(14-27(42-2)30(26)43-3)32(40)44-25-11-8-19(33)12-18(25)16-36-38-31(39)29-28(21-6-4-5-7-23(21)35)22-15-20(34)9-10-24(22)37-29/h4-16,37H,1-3H3,(H,38,39). The number of amides is 1. The highest BCUT2D eigenvalue weighted by Crippen LogP contribution is 2.39. The van der Waals surface area contributed by atoms with E-state index in [-0.39, 0.29) is 17.0 Å². The molecule has 0 aliphatic rings. The van der Waals surface area contributed by atoms with Crippen molar-refractivity contribution in [2.24, 2.45) is 5.10 Å². The lowest BCUT2D eigenvalue weighted by Crippen LogP contribution is -2.19. The Hall–Kier alpha value is -4.51. The summed E-state index contributed by atoms with van der Waals surface area (Å²) in [6, 6.07) is 20.5. The highest BCUT2D eigenvalue weighted by Gasteiger charge is 2.22. The number of methoxy groups -OCH3 is 3. The molecule has 0 bridgehead atoms. The van der Waals surface area contributed by atoms with Crippen molar-refractivity contribution in [1.82, 2.24) is 10.4 Å². The summed E-state index contributed by atoms with van der Waals surface area (Å²) in [5, 5.41) is 5.86. The first-order valence-corrected chi connectivity index (χ1v) is 14.5. The molecule has 1 amide bonds. The van der Waals surface area contributed by atoms with Crippen LogP contribution in [0.15, 0.2) is 82.4 Å². The third-order valence-electron chi connectivity index (χ3n) is 6.58. The topological polar surface area (TPSA) is 111 Å². The molecule has 0 radical (unpaired) electrons. The van der Waals surface area contributed by atoms with Gasteiger partial charge in [-0.1, -0.05) is 57.3 Å². The largest absolute Gasteiger partial charge is 0.493 e. The van der Waals surface area contributed by atoms with Crippen LogP contribution in [0.25, 0.3) is 22.0 Å². The van der Waals surface area contributed by atoms with Crippen LogP contribution in [-0.2, 0) is 0 Å². The van der Waals surface area contributed by atoms with Gasteiger partial charge in [-0.25, -0.2) is 10.2 Å². The second-order valence-electron chi connectivity index (χ2n) is 9.23. The Balaban J connectivity index is 1.42. The number of carbonyl (C=O) groups excluding carboxylic acids is 2. The zero-order chi connectivity index (χ0) is 31.4. The number of hydrazone groups is 1. The molecule has 1 heterocycles. The van der Waals surface area contributed by atoms with E-state index < -0.39 is 11.9 Å². The third-order valence-corrected chi connectivity index (χ3v) is 7.63. The molecule has 0 aliphatic heterocycles. The van der Waals surface area contributed by atoms with Crippen LogP contribution >= 0.6 is 39.1 Å². The summed E-state index contributed by atoms with van der Waals surface area (Å²) < 4.78 is 22.4. The number of aromatic amines is 1. The number of nitrogens with zero attached hydrogens (tertiary/aromatic N) is 1. The molecule has 0 atom stereocenters. The van der Waals surface area contributed by atoms with Gasteiger partial charge in [0.25, 0.3) is 5.91 Å². The Kier molecular flexibility index (Phi) is 9.43. The first-order valence-electron chi connectivity index (χ1n) is 12.9. The number of halogens is 3. The molecule has 0 spiro atoms. The quantitative estimate of drug-likeness (QED) is 0.0701. The van der Waals surface area contributed by atoms with Crippen LogP contribution in [0.3, 0.4) is 0 Å². The first-order chi connectivity index (χ1) is 21.2. The van der Waals surface area contributed by atoms with Crippen molar-refractivity contribution >= 4 is 68.1 Å². The maximum Gasteiger partial charge on any atom is 0.343 e. The first kappa shape index (κ1) is 30.9. The van der Waals surface area contributed by atoms with Gasteiger partial charge in [0.1, 0.15) is 11.4 Å². The van der Waals surface area contributed by atoms with E-state index in [1.54, 1.807) is 42.5 Å². The second kappa shape index (κ2) is 13.4. The summed E-state index contributed by atoms with van der Waals surface area (Å²) >= 11 is 16.2. The molecule has 0 unspecified atom stereocenters. The summed E-state index contributed by atoms with van der Waals surface area (Å²) in [7, 11) is 4.37. The van der Waals surface area contributed by atoms with Gasteiger partial charge in [-0.05, 0) is 54.6 Å². The number of nitrogens with one attached hydrogen (secondary N) is 2. The maximum absolute atomic E-state index is 13.4. The molecule has 224 valence electrons. The Morgan fingerprint density at radius 1 is 0.886 bits per heavy atom. The van der Waals surface area contributed by atoms with Gasteiger partial charge in [-0.3, -0.25) is 4.79 Å². The fourth-order valence-electron chi connectivity index (χ4n) is 4.57. The van der Waals surface area contributed by atoms with Crippen LogP contribution < -0.4 is 24.4 Å². The average Bonchev–Trinajstić information content (AvgIpc) is 3.40. The fraction of sp³-hybridized carbons (Fsp3) is 0.0938. The van der Waals surface area contributed by atoms with Gasteiger partial charge in [0.2, 0.25) is 5.75 Å². The van der Waals surface area contributed by atoms with Crippen molar-refractivity contribution in [2.75, 3.05) is 21.3 Å². The number of fused-ring (bicyclic) bond motifs is 1. The monoisotopic (exact) mass is 695 g/mol. The van der Waals surface area contributed by atoms with Crippen molar-refractivity contribution in [1.29, 1.82) is 0 Å². The number of benzene rings is 4. The Bertz CT molecular complexity index is 1900. The molecule has 4 aromatic carbocycles. The fourth-order valence-corrected chi connectivity index (χ4v) is 5.35. The molecule has 44 heavy (non-hydrogen) atoms. The summed E-state index contributed by atoms with van der Waals surface area (Å²) in [5.41, 5.74) is 5.32. The highest BCUT2D eigenvalue weighted by molar-refractivity contribution is 9.10. The molecule has 0 aliphatic carbocycles. The number of carbonyl (C=O) groups is 2. The van der Waals surface area contributed by atoms with Crippen LogP contribution in [0, 0.1) is 0 Å². The van der Waals surface area contributed by atoms with Crippen LogP contribution in [0.5, 0.6) is 23.0 Å². The summed E-state index contributed by atoms with van der Waals surface area (Å²) in [6.07, 6.45) is 1.37. The van der Waals surface area contributed by atoms with Gasteiger partial charge in [-0.15, -0.1) is 0 Å². The van der Waals surface area contributed by atoms with E-state index >= 15 is 0 Å². The van der Waals surface area contributed by atoms with E-state index in [9.17, 15) is 9.59 Å². The van der Waals surface area contributed by atoms with Crippen molar-refractivity contribution in [3.05, 3.63) is 104 Å². The normalized spacial score (nSPS) is 11.0. The molecule has 2 N–H and O–H groups in total. The number of hydrogen-bond acceptors (Lipinski definition) is 7. The van der Waals surface area contributed by atoms with Crippen molar-refractivity contribution < 1.29 is 28.5 Å². The van der Waals surface area contributed by atoms with Gasteiger partial charge in [0.05, 0.1) is 33.1 Å². The van der Waals surface area contributed by atoms with E-state index in [4.69, 9.17) is 42.1 Å². The zero-order valence-electron chi connectivity index (χ0n) is 23.5. The summed E-state index contributed by atoms with van der Waals surface area (Å²) in [5.74, 6) is -0.0543. The average molecular weight is 697 g/mol. The molecule has 12 heteroatoms. The molecule has 1 aromatic heterocycles. The van der Waals surface area contributed by atoms with Crippen molar-refractivity contribution in [3.8, 4) is 34.1 Å². The van der Waals surface area contributed by atoms with Crippen molar-refractivity contribution in [2.45, 2.75) is 0 Å². The predicted octanol–water partition coefficient (Wildman–Crippen LogP) is 7.91. The molecule has 0 saturated heterocycles. The van der Waals surface area contributed by atoms with Crippen LogP contribution in [-0.4, -0.2) is 44.4 Å². The minimum atomic E-state index is -0.675. The lowest BCUT2D eigenvalue weighted by molar-refractivity contribution is 0.0733. The van der Waals surface area contributed by atoms with E-state index in [1.807, 2.05) is 18.2 Å². The summed E-state index contributed by atoms with van der Waals surface area (Å²) in [4.78, 5) is 29.7. The van der Waals surface area contributed by atoms with E-state index in [0.717, 1.165) is 5.39 Å². The number of H-pyrrole nitrogens is 1. The predicted molar refractivity (Wildman–Crippen MR) is 174 cm³/mol. The maximum atomic E-state index is 13.4. The second-order valence-corrected chi connectivity index (χ2v) is 11.0. The SMILES string of the molecule is COc1cc(C(=O)Oc2ccc(Br)cc2C=NNC(=O)c2[nH]c3ccc(Cl)cc3c2-c2ccccc2Cl)cc(OC)c1OC. The molecule has 0 saturated carbocycles. The van der Waals surface area contributed by atoms with E-state index in [2.05, 4.69) is 31.4 Å². The Morgan fingerprint density at radius 3 is 2.30 bits per heavy atom. The Morgan fingerprint density at radius 2 is 1.61 bits per heavy atom. The van der Waals surface area contributed by atoms with E-state index in [0.29, 0.717) is 54.0 Å². The minimum absolute atomic E-state index is 0.171. The van der Waals surface area contributed by atoms with E-state index in [1.165, 1.54) is 39.7 Å².